The molecule has 0 saturated carbocycles. The Morgan fingerprint density at radius 2 is 1.10 bits per heavy atom. The first-order valence-electron chi connectivity index (χ1n) is 12.7. The highest BCUT2D eigenvalue weighted by Crippen LogP contribution is 2.33. The van der Waals surface area contributed by atoms with Crippen LogP contribution in [0.1, 0.15) is 119 Å². The summed E-state index contributed by atoms with van der Waals surface area (Å²) in [5.41, 5.74) is 0. The van der Waals surface area contributed by atoms with Crippen molar-refractivity contribution >= 4 is 11.9 Å². The average Bonchev–Trinajstić information content (AvgIpc) is 2.67. The van der Waals surface area contributed by atoms with Crippen molar-refractivity contribution in [1.29, 1.82) is 0 Å². The van der Waals surface area contributed by atoms with E-state index in [-0.39, 0.29) is 17.9 Å². The molecule has 0 N–H and O–H groups in total. The number of unbranched alkanes of at least 4 members (excludes halogenated alkanes) is 9. The predicted octanol–water partition coefficient (Wildman–Crippen LogP) is 7.34. The molecule has 0 spiro atoms. The summed E-state index contributed by atoms with van der Waals surface area (Å²) in [5.74, 6) is 1.21. The van der Waals surface area contributed by atoms with Gasteiger partial charge in [0.15, 0.2) is 0 Å². The van der Waals surface area contributed by atoms with E-state index in [1.165, 1.54) is 51.4 Å². The summed E-state index contributed by atoms with van der Waals surface area (Å²) < 4.78 is 10.3. The topological polar surface area (TPSA) is 52.6 Å². The highest BCUT2D eigenvalue weighted by molar-refractivity contribution is 5.73. The van der Waals surface area contributed by atoms with Crippen LogP contribution in [0.2, 0.25) is 0 Å². The molecule has 0 aromatic carbocycles. The van der Waals surface area contributed by atoms with Crippen molar-refractivity contribution in [1.82, 2.24) is 0 Å². The number of rotatable bonds is 19. The van der Waals surface area contributed by atoms with E-state index in [1.54, 1.807) is 0 Å². The van der Waals surface area contributed by atoms with E-state index in [1.807, 2.05) is 13.8 Å². The third-order valence-electron chi connectivity index (χ3n) is 6.07. The lowest BCUT2D eigenvalue weighted by atomic mass is 9.74. The average molecular weight is 427 g/mol. The van der Waals surface area contributed by atoms with Crippen molar-refractivity contribution in [3.63, 3.8) is 0 Å². The van der Waals surface area contributed by atoms with E-state index < -0.39 is 0 Å². The van der Waals surface area contributed by atoms with Crippen LogP contribution in [0.5, 0.6) is 0 Å². The Labute approximate surface area is 186 Å². The molecule has 0 aliphatic carbocycles. The van der Waals surface area contributed by atoms with Gasteiger partial charge in [0.1, 0.15) is 0 Å². The van der Waals surface area contributed by atoms with Crippen LogP contribution in [0, 0.1) is 23.7 Å². The van der Waals surface area contributed by atoms with Crippen LogP contribution in [0.4, 0.5) is 0 Å². The summed E-state index contributed by atoms with van der Waals surface area (Å²) in [6.45, 7) is 13.5. The fourth-order valence-electron chi connectivity index (χ4n) is 4.40. The van der Waals surface area contributed by atoms with Crippen LogP contribution in [0.15, 0.2) is 0 Å². The largest absolute Gasteiger partial charge is 0.466 e. The van der Waals surface area contributed by atoms with E-state index in [0.717, 1.165) is 19.3 Å². The molecular formula is C26H50O4. The first-order valence-corrected chi connectivity index (χ1v) is 12.7. The van der Waals surface area contributed by atoms with Crippen LogP contribution < -0.4 is 0 Å². The first kappa shape index (κ1) is 28.9. The van der Waals surface area contributed by atoms with Gasteiger partial charge in [0.25, 0.3) is 0 Å². The van der Waals surface area contributed by atoms with Crippen LogP contribution in [-0.4, -0.2) is 25.2 Å². The fourth-order valence-corrected chi connectivity index (χ4v) is 4.40. The van der Waals surface area contributed by atoms with Gasteiger partial charge in [0, 0.05) is 6.42 Å². The monoisotopic (exact) mass is 426 g/mol. The summed E-state index contributed by atoms with van der Waals surface area (Å²) in [7, 11) is 0. The number of hydrogen-bond acceptors (Lipinski definition) is 4. The number of esters is 2. The zero-order valence-electron chi connectivity index (χ0n) is 20.8. The van der Waals surface area contributed by atoms with Gasteiger partial charge in [-0.25, -0.2) is 0 Å². The highest BCUT2D eigenvalue weighted by atomic mass is 16.5. The summed E-state index contributed by atoms with van der Waals surface area (Å²) in [5, 5.41) is 0. The molecule has 0 bridgehead atoms. The normalized spacial score (nSPS) is 13.5. The third kappa shape index (κ3) is 14.0. The number of ether oxygens (including phenoxy) is 2. The second kappa shape index (κ2) is 18.7. The molecule has 178 valence electrons. The minimum atomic E-state index is -0.0563. The Bertz CT molecular complexity index is 431. The van der Waals surface area contributed by atoms with E-state index in [4.69, 9.17) is 9.47 Å². The van der Waals surface area contributed by atoms with Crippen molar-refractivity contribution in [3.05, 3.63) is 0 Å². The van der Waals surface area contributed by atoms with Gasteiger partial charge >= 0.3 is 11.9 Å². The van der Waals surface area contributed by atoms with Gasteiger partial charge in [0.05, 0.1) is 19.1 Å². The van der Waals surface area contributed by atoms with Gasteiger partial charge in [-0.15, -0.1) is 0 Å². The standard InChI is InChI=1S/C26H50O4/c1-7-29-24(27)20-18-16-14-12-10-9-11-13-15-17-19-23(21(3)4)25(22(5)6)26(28)30-8-2/h21-23,25H,7-20H2,1-6H3. The first-order chi connectivity index (χ1) is 14.3. The van der Waals surface area contributed by atoms with Crippen molar-refractivity contribution in [2.24, 2.45) is 23.7 Å². The Morgan fingerprint density at radius 1 is 0.633 bits per heavy atom. The van der Waals surface area contributed by atoms with Gasteiger partial charge < -0.3 is 9.47 Å². The summed E-state index contributed by atoms with van der Waals surface area (Å²) >= 11 is 0. The fraction of sp³-hybridized carbons (Fsp3) is 0.923. The second-order valence-corrected chi connectivity index (χ2v) is 9.31. The SMILES string of the molecule is CCOC(=O)CCCCCCCCCCCCC(C(C)C)C(C(=O)OCC)C(C)C. The Hall–Kier alpha value is -1.06. The molecule has 0 radical (unpaired) electrons. The second-order valence-electron chi connectivity index (χ2n) is 9.31. The molecule has 0 aromatic heterocycles. The molecule has 2 atom stereocenters. The molecule has 0 aliphatic rings. The lowest BCUT2D eigenvalue weighted by Gasteiger charge is -2.31. The zero-order chi connectivity index (χ0) is 22.8. The van der Waals surface area contributed by atoms with E-state index in [0.29, 0.717) is 37.4 Å². The maximum absolute atomic E-state index is 12.4. The Morgan fingerprint density at radius 3 is 1.53 bits per heavy atom. The molecular weight excluding hydrogens is 376 g/mol. The number of carbonyl (C=O) groups excluding carboxylic acids is 2. The predicted molar refractivity (Wildman–Crippen MR) is 125 cm³/mol. The zero-order valence-corrected chi connectivity index (χ0v) is 20.8. The Kier molecular flexibility index (Phi) is 18.0. The number of hydrogen-bond donors (Lipinski definition) is 0. The van der Waals surface area contributed by atoms with E-state index in [2.05, 4.69) is 27.7 Å². The molecule has 0 aliphatic heterocycles. The molecule has 0 fully saturated rings. The highest BCUT2D eigenvalue weighted by Gasteiger charge is 2.33. The van der Waals surface area contributed by atoms with Crippen LogP contribution in [0.3, 0.4) is 0 Å². The summed E-state index contributed by atoms with van der Waals surface area (Å²) in [4.78, 5) is 23.7. The smallest absolute Gasteiger partial charge is 0.309 e. The van der Waals surface area contributed by atoms with Gasteiger partial charge in [-0.3, -0.25) is 9.59 Å². The molecule has 0 amide bonds. The number of carbonyl (C=O) groups is 2. The van der Waals surface area contributed by atoms with Crippen molar-refractivity contribution in [2.75, 3.05) is 13.2 Å². The van der Waals surface area contributed by atoms with Crippen LogP contribution >= 0.6 is 0 Å². The molecule has 4 nitrogen and oxygen atoms in total. The maximum Gasteiger partial charge on any atom is 0.309 e. The van der Waals surface area contributed by atoms with Crippen molar-refractivity contribution in [2.45, 2.75) is 119 Å². The molecule has 2 unspecified atom stereocenters. The minimum absolute atomic E-state index is 0.00606. The van der Waals surface area contributed by atoms with Gasteiger partial charge in [-0.05, 0) is 44.4 Å². The maximum atomic E-state index is 12.4. The lowest BCUT2D eigenvalue weighted by molar-refractivity contribution is -0.153. The third-order valence-corrected chi connectivity index (χ3v) is 6.07. The van der Waals surface area contributed by atoms with E-state index >= 15 is 0 Å². The summed E-state index contributed by atoms with van der Waals surface area (Å²) in [6, 6.07) is 0. The van der Waals surface area contributed by atoms with Crippen LogP contribution in [-0.2, 0) is 19.1 Å². The summed E-state index contributed by atoms with van der Waals surface area (Å²) in [6.07, 6.45) is 13.9. The van der Waals surface area contributed by atoms with Crippen LogP contribution in [0.25, 0.3) is 0 Å². The van der Waals surface area contributed by atoms with Gasteiger partial charge in [-0.1, -0.05) is 85.5 Å². The van der Waals surface area contributed by atoms with Crippen molar-refractivity contribution in [3.8, 4) is 0 Å². The molecule has 0 saturated heterocycles. The quantitative estimate of drug-likeness (QED) is 0.160. The molecule has 30 heavy (non-hydrogen) atoms. The lowest BCUT2D eigenvalue weighted by Crippen LogP contribution is -2.33. The minimum Gasteiger partial charge on any atom is -0.466 e. The molecule has 0 heterocycles. The molecule has 0 rings (SSSR count). The van der Waals surface area contributed by atoms with Gasteiger partial charge in [0.2, 0.25) is 0 Å². The Balaban J connectivity index is 3.86. The van der Waals surface area contributed by atoms with Crippen molar-refractivity contribution < 1.29 is 19.1 Å². The molecule has 4 heteroatoms. The molecule has 0 aromatic rings. The van der Waals surface area contributed by atoms with E-state index in [9.17, 15) is 9.59 Å². The van der Waals surface area contributed by atoms with Gasteiger partial charge in [-0.2, -0.15) is 0 Å².